The van der Waals surface area contributed by atoms with Crippen LogP contribution in [0.25, 0.3) is 11.0 Å². The van der Waals surface area contributed by atoms with E-state index in [0.717, 1.165) is 67.8 Å². The van der Waals surface area contributed by atoms with Gasteiger partial charge in [-0.2, -0.15) is 0 Å². The zero-order chi connectivity index (χ0) is 18.9. The maximum Gasteiger partial charge on any atom is 0.191 e. The number of hydrogen-bond donors (Lipinski definition) is 3. The van der Waals surface area contributed by atoms with Crippen LogP contribution in [0.5, 0.6) is 0 Å². The number of imidazole rings is 1. The number of hydrogen-bond acceptors (Lipinski definition) is 3. The number of nitrogens with zero attached hydrogens (tertiary/aromatic N) is 3. The molecule has 2 heterocycles. The fourth-order valence-electron chi connectivity index (χ4n) is 3.54. The van der Waals surface area contributed by atoms with Crippen molar-refractivity contribution < 1.29 is 0 Å². The largest absolute Gasteiger partial charge is 0.357 e. The van der Waals surface area contributed by atoms with Crippen molar-refractivity contribution in [2.75, 3.05) is 39.3 Å². The van der Waals surface area contributed by atoms with Gasteiger partial charge in [-0.25, -0.2) is 4.98 Å². The first-order chi connectivity index (χ1) is 13.2. The molecule has 0 bridgehead atoms. The minimum atomic E-state index is 0. The number of aromatic amines is 1. The normalized spacial score (nSPS) is 16.1. The first-order valence-electron chi connectivity index (χ1n) is 10.4. The number of benzene rings is 1. The van der Waals surface area contributed by atoms with Gasteiger partial charge in [0.2, 0.25) is 0 Å². The van der Waals surface area contributed by atoms with Crippen molar-refractivity contribution in [3.8, 4) is 0 Å². The SMILES string of the molecule is CCNC(=NCCCN1CCC(C)CC1)NCCc1nc2ccccc2[nH]1.I. The van der Waals surface area contributed by atoms with Crippen molar-refractivity contribution in [3.05, 3.63) is 30.1 Å². The second kappa shape index (κ2) is 12.3. The maximum absolute atomic E-state index is 4.72. The number of guanidine groups is 1. The second-order valence-electron chi connectivity index (χ2n) is 7.52. The highest BCUT2D eigenvalue weighted by atomic mass is 127. The van der Waals surface area contributed by atoms with E-state index >= 15 is 0 Å². The lowest BCUT2D eigenvalue weighted by Gasteiger charge is -2.29. The molecule has 156 valence electrons. The van der Waals surface area contributed by atoms with Crippen molar-refractivity contribution in [3.63, 3.8) is 0 Å². The number of piperidine rings is 1. The smallest absolute Gasteiger partial charge is 0.191 e. The Kier molecular flexibility index (Phi) is 10.0. The van der Waals surface area contributed by atoms with Crippen molar-refractivity contribution in [1.82, 2.24) is 25.5 Å². The predicted molar refractivity (Wildman–Crippen MR) is 129 cm³/mol. The second-order valence-corrected chi connectivity index (χ2v) is 7.52. The first-order valence-corrected chi connectivity index (χ1v) is 10.4. The van der Waals surface area contributed by atoms with Crippen LogP contribution in [0.1, 0.15) is 38.9 Å². The van der Waals surface area contributed by atoms with Gasteiger partial charge in [0.05, 0.1) is 11.0 Å². The standard InChI is InChI=1S/C21H34N6.HI/c1-3-22-21(23-12-6-14-27-15-10-17(2)11-16-27)24-13-9-20-25-18-7-4-5-8-19(18)26-20;/h4-5,7-8,17H,3,6,9-16H2,1-2H3,(H,25,26)(H2,22,23,24);1H. The Balaban J connectivity index is 0.00000280. The highest BCUT2D eigenvalue weighted by Crippen LogP contribution is 2.15. The Morgan fingerprint density at radius 3 is 2.79 bits per heavy atom. The van der Waals surface area contributed by atoms with Gasteiger partial charge in [-0.15, -0.1) is 24.0 Å². The van der Waals surface area contributed by atoms with Crippen LogP contribution in [0.4, 0.5) is 0 Å². The number of likely N-dealkylation sites (tertiary alicyclic amines) is 1. The van der Waals surface area contributed by atoms with Crippen LogP contribution in [0.3, 0.4) is 0 Å². The Morgan fingerprint density at radius 2 is 2.04 bits per heavy atom. The lowest BCUT2D eigenvalue weighted by atomic mass is 9.99. The zero-order valence-electron chi connectivity index (χ0n) is 17.2. The number of rotatable bonds is 8. The molecule has 1 aromatic heterocycles. The third-order valence-electron chi connectivity index (χ3n) is 5.22. The Bertz CT molecular complexity index is 688. The lowest BCUT2D eigenvalue weighted by Crippen LogP contribution is -2.38. The Morgan fingerprint density at radius 1 is 1.25 bits per heavy atom. The van der Waals surface area contributed by atoms with Crippen LogP contribution in [0.15, 0.2) is 29.3 Å². The minimum absolute atomic E-state index is 0. The fraction of sp³-hybridized carbons (Fsp3) is 0.619. The van der Waals surface area contributed by atoms with E-state index in [1.807, 2.05) is 18.2 Å². The molecule has 3 N–H and O–H groups in total. The number of nitrogens with one attached hydrogen (secondary N) is 3. The molecule has 0 unspecified atom stereocenters. The first kappa shape index (κ1) is 22.9. The van der Waals surface area contributed by atoms with Gasteiger partial charge in [-0.1, -0.05) is 19.1 Å². The van der Waals surface area contributed by atoms with Gasteiger partial charge in [0.15, 0.2) is 5.96 Å². The molecule has 0 aliphatic carbocycles. The van der Waals surface area contributed by atoms with Crippen LogP contribution in [0.2, 0.25) is 0 Å². The van der Waals surface area contributed by atoms with E-state index in [1.165, 1.54) is 25.9 Å². The van der Waals surface area contributed by atoms with E-state index in [0.29, 0.717) is 0 Å². The van der Waals surface area contributed by atoms with E-state index in [9.17, 15) is 0 Å². The number of para-hydroxylation sites is 2. The monoisotopic (exact) mass is 498 g/mol. The molecule has 1 aliphatic rings. The molecular formula is C21H35IN6. The van der Waals surface area contributed by atoms with Gasteiger partial charge in [0.25, 0.3) is 0 Å². The molecule has 1 fully saturated rings. The topological polar surface area (TPSA) is 68.3 Å². The number of H-pyrrole nitrogens is 1. The summed E-state index contributed by atoms with van der Waals surface area (Å²) in [6, 6.07) is 8.15. The summed E-state index contributed by atoms with van der Waals surface area (Å²) in [6.07, 6.45) is 4.66. The summed E-state index contributed by atoms with van der Waals surface area (Å²) in [5.74, 6) is 2.82. The summed E-state index contributed by atoms with van der Waals surface area (Å²) >= 11 is 0. The number of fused-ring (bicyclic) bond motifs is 1. The van der Waals surface area contributed by atoms with Gasteiger partial charge in [-0.05, 0) is 63.9 Å². The molecule has 7 heteroatoms. The molecule has 2 aromatic rings. The van der Waals surface area contributed by atoms with E-state index in [1.54, 1.807) is 0 Å². The Hall–Kier alpha value is -1.35. The molecule has 0 amide bonds. The van der Waals surface area contributed by atoms with E-state index in [-0.39, 0.29) is 24.0 Å². The average Bonchev–Trinajstić information content (AvgIpc) is 3.09. The maximum atomic E-state index is 4.72. The molecule has 1 aliphatic heterocycles. The molecule has 28 heavy (non-hydrogen) atoms. The molecular weight excluding hydrogens is 463 g/mol. The minimum Gasteiger partial charge on any atom is -0.357 e. The fourth-order valence-corrected chi connectivity index (χ4v) is 3.54. The lowest BCUT2D eigenvalue weighted by molar-refractivity contribution is 0.192. The third kappa shape index (κ3) is 7.24. The van der Waals surface area contributed by atoms with Crippen LogP contribution < -0.4 is 10.6 Å². The number of aliphatic imine (C=N–C) groups is 1. The van der Waals surface area contributed by atoms with Crippen molar-refractivity contribution >= 4 is 41.0 Å². The molecule has 1 aromatic carbocycles. The van der Waals surface area contributed by atoms with Gasteiger partial charge >= 0.3 is 0 Å². The van der Waals surface area contributed by atoms with Gasteiger partial charge in [0, 0.05) is 26.1 Å². The summed E-state index contributed by atoms with van der Waals surface area (Å²) in [7, 11) is 0. The van der Waals surface area contributed by atoms with E-state index in [2.05, 4.69) is 45.4 Å². The van der Waals surface area contributed by atoms with E-state index in [4.69, 9.17) is 4.99 Å². The van der Waals surface area contributed by atoms with Gasteiger partial charge < -0.3 is 20.5 Å². The molecule has 6 nitrogen and oxygen atoms in total. The summed E-state index contributed by atoms with van der Waals surface area (Å²) in [5.41, 5.74) is 2.13. The zero-order valence-corrected chi connectivity index (χ0v) is 19.5. The summed E-state index contributed by atoms with van der Waals surface area (Å²) in [4.78, 5) is 15.3. The molecule has 0 radical (unpaired) electrons. The average molecular weight is 498 g/mol. The third-order valence-corrected chi connectivity index (χ3v) is 5.22. The van der Waals surface area contributed by atoms with Gasteiger partial charge in [-0.3, -0.25) is 4.99 Å². The predicted octanol–water partition coefficient (Wildman–Crippen LogP) is 3.40. The molecule has 3 rings (SSSR count). The van der Waals surface area contributed by atoms with Crippen LogP contribution >= 0.6 is 24.0 Å². The Labute approximate surface area is 186 Å². The van der Waals surface area contributed by atoms with Crippen molar-refractivity contribution in [2.24, 2.45) is 10.9 Å². The van der Waals surface area contributed by atoms with Crippen LogP contribution in [0, 0.1) is 5.92 Å². The highest BCUT2D eigenvalue weighted by Gasteiger charge is 2.14. The number of halogens is 1. The van der Waals surface area contributed by atoms with Crippen LogP contribution in [-0.2, 0) is 6.42 Å². The molecule has 0 spiro atoms. The van der Waals surface area contributed by atoms with Gasteiger partial charge in [0.1, 0.15) is 5.82 Å². The van der Waals surface area contributed by atoms with E-state index < -0.39 is 0 Å². The summed E-state index contributed by atoms with van der Waals surface area (Å²) < 4.78 is 0. The quantitative estimate of drug-likeness (QED) is 0.226. The summed E-state index contributed by atoms with van der Waals surface area (Å²) in [6.45, 7) is 10.7. The summed E-state index contributed by atoms with van der Waals surface area (Å²) in [5, 5.41) is 6.76. The molecule has 0 saturated carbocycles. The van der Waals surface area contributed by atoms with Crippen molar-refractivity contribution in [1.29, 1.82) is 0 Å². The molecule has 0 atom stereocenters. The van der Waals surface area contributed by atoms with Crippen LogP contribution in [-0.4, -0.2) is 60.1 Å². The number of aromatic nitrogens is 2. The molecule has 1 saturated heterocycles. The van der Waals surface area contributed by atoms with Crippen molar-refractivity contribution in [2.45, 2.75) is 39.5 Å². The highest BCUT2D eigenvalue weighted by molar-refractivity contribution is 14.0.